The molecule has 1 saturated heterocycles. The summed E-state index contributed by atoms with van der Waals surface area (Å²) < 4.78 is 0. The quantitative estimate of drug-likeness (QED) is 0.681. The molecule has 1 heterocycles. The Morgan fingerprint density at radius 2 is 1.22 bits per heavy atom. The SMILES string of the molecule is NCCN1CCN(CCSC(c2ccc(Cl)cc2)c2ccc(Cl)cc2)CC1. The van der Waals surface area contributed by atoms with E-state index in [9.17, 15) is 0 Å². The van der Waals surface area contributed by atoms with Crippen molar-refractivity contribution in [2.45, 2.75) is 5.25 Å². The van der Waals surface area contributed by atoms with Crippen LogP contribution in [-0.2, 0) is 0 Å². The van der Waals surface area contributed by atoms with Crippen LogP contribution >= 0.6 is 35.0 Å². The fraction of sp³-hybridized carbons (Fsp3) is 0.429. The van der Waals surface area contributed by atoms with E-state index >= 15 is 0 Å². The Hall–Kier alpha value is -0.750. The summed E-state index contributed by atoms with van der Waals surface area (Å²) >= 11 is 14.1. The van der Waals surface area contributed by atoms with Crippen molar-refractivity contribution in [3.8, 4) is 0 Å². The molecule has 0 unspecified atom stereocenters. The van der Waals surface area contributed by atoms with Gasteiger partial charge in [0.15, 0.2) is 0 Å². The van der Waals surface area contributed by atoms with Crippen LogP contribution in [0, 0.1) is 0 Å². The van der Waals surface area contributed by atoms with Crippen molar-refractivity contribution < 1.29 is 0 Å². The largest absolute Gasteiger partial charge is 0.329 e. The first kappa shape index (κ1) is 21.0. The van der Waals surface area contributed by atoms with Gasteiger partial charge in [0.25, 0.3) is 0 Å². The van der Waals surface area contributed by atoms with Crippen LogP contribution in [0.2, 0.25) is 10.0 Å². The molecule has 1 aliphatic rings. The molecule has 0 spiro atoms. The highest BCUT2D eigenvalue weighted by molar-refractivity contribution is 7.99. The van der Waals surface area contributed by atoms with E-state index < -0.39 is 0 Å². The minimum atomic E-state index is 0.290. The maximum atomic E-state index is 6.08. The summed E-state index contributed by atoms with van der Waals surface area (Å²) in [6.07, 6.45) is 0. The first-order valence-corrected chi connectivity index (χ1v) is 11.2. The lowest BCUT2D eigenvalue weighted by Crippen LogP contribution is -2.48. The number of halogens is 2. The Bertz CT molecular complexity index is 640. The van der Waals surface area contributed by atoms with Crippen LogP contribution in [0.1, 0.15) is 16.4 Å². The van der Waals surface area contributed by atoms with E-state index in [1.165, 1.54) is 11.1 Å². The smallest absolute Gasteiger partial charge is 0.0547 e. The number of benzene rings is 2. The minimum Gasteiger partial charge on any atom is -0.329 e. The molecule has 27 heavy (non-hydrogen) atoms. The molecule has 0 atom stereocenters. The summed E-state index contributed by atoms with van der Waals surface area (Å²) in [6.45, 7) is 7.38. The summed E-state index contributed by atoms with van der Waals surface area (Å²) in [6, 6.07) is 16.4. The van der Waals surface area contributed by atoms with E-state index in [4.69, 9.17) is 28.9 Å². The van der Waals surface area contributed by atoms with Gasteiger partial charge >= 0.3 is 0 Å². The van der Waals surface area contributed by atoms with Crippen LogP contribution in [0.4, 0.5) is 0 Å². The van der Waals surface area contributed by atoms with Gasteiger partial charge in [-0.3, -0.25) is 9.80 Å². The molecule has 6 heteroatoms. The van der Waals surface area contributed by atoms with Gasteiger partial charge in [-0.2, -0.15) is 0 Å². The highest BCUT2D eigenvalue weighted by atomic mass is 35.5. The standard InChI is InChI=1S/C21H27Cl2N3S/c22-19-5-1-17(2-6-19)21(18-3-7-20(23)8-4-18)27-16-15-26-13-11-25(10-9-24)12-14-26/h1-8,21H,9-16,24H2. The molecular formula is C21H27Cl2N3S. The topological polar surface area (TPSA) is 32.5 Å². The van der Waals surface area contributed by atoms with Crippen LogP contribution in [0.25, 0.3) is 0 Å². The second-order valence-electron chi connectivity index (χ2n) is 6.83. The predicted molar refractivity (Wildman–Crippen MR) is 119 cm³/mol. The van der Waals surface area contributed by atoms with Gasteiger partial charge in [0.05, 0.1) is 5.25 Å². The molecule has 1 aliphatic heterocycles. The number of nitrogens with two attached hydrogens (primary N) is 1. The Morgan fingerprint density at radius 3 is 1.67 bits per heavy atom. The van der Waals surface area contributed by atoms with Gasteiger partial charge in [0.1, 0.15) is 0 Å². The molecule has 0 aromatic heterocycles. The molecule has 1 fully saturated rings. The van der Waals surface area contributed by atoms with E-state index in [1.807, 2.05) is 36.0 Å². The predicted octanol–water partition coefficient (Wildman–Crippen LogP) is 4.39. The van der Waals surface area contributed by atoms with Crippen molar-refractivity contribution in [1.29, 1.82) is 0 Å². The molecule has 3 nitrogen and oxygen atoms in total. The van der Waals surface area contributed by atoms with Crippen LogP contribution < -0.4 is 5.73 Å². The zero-order valence-corrected chi connectivity index (χ0v) is 17.8. The molecule has 3 rings (SSSR count). The highest BCUT2D eigenvalue weighted by Crippen LogP contribution is 2.36. The van der Waals surface area contributed by atoms with E-state index in [0.717, 1.165) is 61.6 Å². The van der Waals surface area contributed by atoms with Crippen molar-refractivity contribution in [3.05, 3.63) is 69.7 Å². The molecule has 2 aromatic rings. The molecule has 0 radical (unpaired) electrons. The van der Waals surface area contributed by atoms with E-state index in [1.54, 1.807) is 0 Å². The van der Waals surface area contributed by atoms with Crippen molar-refractivity contribution in [2.24, 2.45) is 5.73 Å². The van der Waals surface area contributed by atoms with Crippen molar-refractivity contribution >= 4 is 35.0 Å². The maximum absolute atomic E-state index is 6.08. The van der Waals surface area contributed by atoms with Crippen LogP contribution in [0.3, 0.4) is 0 Å². The number of thioether (sulfide) groups is 1. The number of rotatable bonds is 8. The Balaban J connectivity index is 1.59. The van der Waals surface area contributed by atoms with Crippen molar-refractivity contribution in [3.63, 3.8) is 0 Å². The molecule has 2 N–H and O–H groups in total. The van der Waals surface area contributed by atoms with E-state index in [-0.39, 0.29) is 5.25 Å². The number of hydrogen-bond acceptors (Lipinski definition) is 4. The van der Waals surface area contributed by atoms with Crippen LogP contribution in [0.5, 0.6) is 0 Å². The summed E-state index contributed by atoms with van der Waals surface area (Å²) in [5, 5.41) is 1.83. The average molecular weight is 424 g/mol. The lowest BCUT2D eigenvalue weighted by atomic mass is 10.0. The maximum Gasteiger partial charge on any atom is 0.0547 e. The van der Waals surface area contributed by atoms with Gasteiger partial charge in [-0.25, -0.2) is 0 Å². The van der Waals surface area contributed by atoms with E-state index in [2.05, 4.69) is 34.1 Å². The third-order valence-electron chi connectivity index (χ3n) is 4.95. The van der Waals surface area contributed by atoms with Gasteiger partial charge in [-0.1, -0.05) is 47.5 Å². The fourth-order valence-electron chi connectivity index (χ4n) is 3.38. The van der Waals surface area contributed by atoms with Gasteiger partial charge in [0, 0.05) is 61.6 Å². The lowest BCUT2D eigenvalue weighted by Gasteiger charge is -2.34. The van der Waals surface area contributed by atoms with Gasteiger partial charge in [0.2, 0.25) is 0 Å². The van der Waals surface area contributed by atoms with Crippen LogP contribution in [0.15, 0.2) is 48.5 Å². The first-order chi connectivity index (χ1) is 13.2. The molecule has 0 aliphatic carbocycles. The average Bonchev–Trinajstić information content (AvgIpc) is 2.69. The molecule has 0 amide bonds. The first-order valence-electron chi connectivity index (χ1n) is 9.43. The number of hydrogen-bond donors (Lipinski definition) is 1. The highest BCUT2D eigenvalue weighted by Gasteiger charge is 2.18. The third-order valence-corrected chi connectivity index (χ3v) is 6.75. The Morgan fingerprint density at radius 1 is 0.778 bits per heavy atom. The second-order valence-corrected chi connectivity index (χ2v) is 8.91. The Labute approximate surface area is 176 Å². The molecule has 0 saturated carbocycles. The summed E-state index contributed by atoms with van der Waals surface area (Å²) in [5.41, 5.74) is 8.22. The zero-order valence-electron chi connectivity index (χ0n) is 15.5. The lowest BCUT2D eigenvalue weighted by molar-refractivity contribution is 0.141. The third kappa shape index (κ3) is 6.38. The summed E-state index contributed by atoms with van der Waals surface area (Å²) in [5.74, 6) is 1.09. The fourth-order valence-corrected chi connectivity index (χ4v) is 4.93. The number of nitrogens with zero attached hydrogens (tertiary/aromatic N) is 2. The van der Waals surface area contributed by atoms with Gasteiger partial charge < -0.3 is 5.73 Å². The molecule has 146 valence electrons. The number of piperazine rings is 1. The summed E-state index contributed by atoms with van der Waals surface area (Å²) in [4.78, 5) is 5.01. The minimum absolute atomic E-state index is 0.290. The van der Waals surface area contributed by atoms with Crippen LogP contribution in [-0.4, -0.2) is 61.4 Å². The van der Waals surface area contributed by atoms with Crippen molar-refractivity contribution in [1.82, 2.24) is 9.80 Å². The summed E-state index contributed by atoms with van der Waals surface area (Å²) in [7, 11) is 0. The second kappa shape index (κ2) is 10.7. The molecule has 2 aromatic carbocycles. The van der Waals surface area contributed by atoms with Crippen molar-refractivity contribution in [2.75, 3.05) is 51.6 Å². The van der Waals surface area contributed by atoms with E-state index in [0.29, 0.717) is 0 Å². The van der Waals surface area contributed by atoms with Gasteiger partial charge in [-0.15, -0.1) is 11.8 Å². The molecule has 0 bridgehead atoms. The zero-order chi connectivity index (χ0) is 19.1. The molecular weight excluding hydrogens is 397 g/mol. The normalized spacial score (nSPS) is 16.1. The Kier molecular flexibility index (Phi) is 8.31. The monoisotopic (exact) mass is 423 g/mol. The van der Waals surface area contributed by atoms with Gasteiger partial charge in [-0.05, 0) is 35.4 Å².